The Morgan fingerprint density at radius 1 is 1.46 bits per heavy atom. The van der Waals surface area contributed by atoms with Crippen LogP contribution in [0, 0.1) is 5.41 Å². The molecule has 1 atom stereocenters. The Kier molecular flexibility index (Phi) is 1.62. The van der Waals surface area contributed by atoms with Crippen LogP contribution in [0.1, 0.15) is 26.2 Å². The first-order chi connectivity index (χ1) is 6.04. The van der Waals surface area contributed by atoms with Crippen molar-refractivity contribution in [2.24, 2.45) is 5.41 Å². The molecule has 0 radical (unpaired) electrons. The lowest BCUT2D eigenvalue weighted by molar-refractivity contribution is -0.147. The quantitative estimate of drug-likeness (QED) is 0.643. The van der Waals surface area contributed by atoms with Crippen LogP contribution in [-0.4, -0.2) is 34.5 Å². The molecule has 0 aromatic heterocycles. The number of rotatable bonds is 1. The molecule has 1 heterocycles. The highest BCUT2D eigenvalue weighted by atomic mass is 16.4. The molecule has 1 saturated heterocycles. The number of carbonyl (C=O) groups excluding carboxylic acids is 1. The summed E-state index contributed by atoms with van der Waals surface area (Å²) in [5.41, 5.74) is 0.175. The number of nitrogens with zero attached hydrogens (tertiary/aromatic N) is 1. The highest BCUT2D eigenvalue weighted by Crippen LogP contribution is 2.54. The number of amides is 1. The Labute approximate surface area is 76.5 Å². The van der Waals surface area contributed by atoms with Gasteiger partial charge in [-0.25, -0.2) is 4.79 Å². The van der Waals surface area contributed by atoms with E-state index >= 15 is 0 Å². The van der Waals surface area contributed by atoms with Crippen LogP contribution in [0.5, 0.6) is 0 Å². The minimum Gasteiger partial charge on any atom is -0.480 e. The van der Waals surface area contributed by atoms with Crippen molar-refractivity contribution in [1.82, 2.24) is 4.90 Å². The van der Waals surface area contributed by atoms with E-state index in [4.69, 9.17) is 5.11 Å². The Morgan fingerprint density at radius 2 is 2.08 bits per heavy atom. The maximum Gasteiger partial charge on any atom is 0.326 e. The van der Waals surface area contributed by atoms with E-state index < -0.39 is 12.0 Å². The predicted octanol–water partition coefficient (Wildman–Crippen LogP) is 0.472. The predicted molar refractivity (Wildman–Crippen MR) is 45.1 cm³/mol. The molecule has 4 heteroatoms. The van der Waals surface area contributed by atoms with Gasteiger partial charge < -0.3 is 10.0 Å². The molecule has 2 rings (SSSR count). The van der Waals surface area contributed by atoms with Crippen molar-refractivity contribution in [2.75, 3.05) is 6.54 Å². The van der Waals surface area contributed by atoms with Crippen LogP contribution >= 0.6 is 0 Å². The topological polar surface area (TPSA) is 57.6 Å². The molecule has 1 N–H and O–H groups in total. The zero-order chi connectivity index (χ0) is 9.64. The summed E-state index contributed by atoms with van der Waals surface area (Å²) in [5, 5.41) is 8.90. The van der Waals surface area contributed by atoms with Gasteiger partial charge in [0, 0.05) is 13.5 Å². The number of carboxylic acids is 1. The number of hydrogen-bond acceptors (Lipinski definition) is 2. The van der Waals surface area contributed by atoms with Gasteiger partial charge in [0.1, 0.15) is 6.04 Å². The fraction of sp³-hybridized carbons (Fsp3) is 0.778. The molecule has 0 aromatic carbocycles. The molecule has 1 aliphatic heterocycles. The van der Waals surface area contributed by atoms with Crippen molar-refractivity contribution in [3.05, 3.63) is 0 Å². The molecular formula is C9H13NO3. The van der Waals surface area contributed by atoms with Crippen LogP contribution in [0.2, 0.25) is 0 Å². The molecule has 72 valence electrons. The highest BCUT2D eigenvalue weighted by molar-refractivity contribution is 5.83. The van der Waals surface area contributed by atoms with Gasteiger partial charge in [0.15, 0.2) is 0 Å². The first kappa shape index (κ1) is 8.53. The Balaban J connectivity index is 2.16. The first-order valence-electron chi connectivity index (χ1n) is 4.54. The van der Waals surface area contributed by atoms with Crippen molar-refractivity contribution < 1.29 is 14.7 Å². The molecule has 0 unspecified atom stereocenters. The normalized spacial score (nSPS) is 29.3. The molecule has 1 amide bonds. The third-order valence-corrected chi connectivity index (χ3v) is 3.15. The van der Waals surface area contributed by atoms with E-state index in [1.54, 1.807) is 0 Å². The van der Waals surface area contributed by atoms with E-state index in [1.165, 1.54) is 11.8 Å². The molecule has 1 spiro atoms. The zero-order valence-electron chi connectivity index (χ0n) is 7.62. The molecular weight excluding hydrogens is 170 g/mol. The van der Waals surface area contributed by atoms with E-state index in [9.17, 15) is 9.59 Å². The second-order valence-electron chi connectivity index (χ2n) is 4.21. The highest BCUT2D eigenvalue weighted by Gasteiger charge is 2.54. The minimum absolute atomic E-state index is 0.115. The number of hydrogen-bond donors (Lipinski definition) is 1. The Hall–Kier alpha value is -1.06. The average molecular weight is 183 g/mol. The summed E-state index contributed by atoms with van der Waals surface area (Å²) in [5.74, 6) is -0.977. The van der Waals surface area contributed by atoms with Crippen LogP contribution in [0.3, 0.4) is 0 Å². The molecule has 4 nitrogen and oxygen atoms in total. The molecule has 0 bridgehead atoms. The van der Waals surface area contributed by atoms with E-state index in [2.05, 4.69) is 0 Å². The van der Waals surface area contributed by atoms with E-state index in [0.29, 0.717) is 13.0 Å². The molecule has 13 heavy (non-hydrogen) atoms. The minimum atomic E-state index is -0.862. The smallest absolute Gasteiger partial charge is 0.326 e. The molecule has 0 aromatic rings. The van der Waals surface area contributed by atoms with Gasteiger partial charge in [-0.2, -0.15) is 0 Å². The second kappa shape index (κ2) is 2.47. The number of likely N-dealkylation sites (tertiary alicyclic amines) is 1. The lowest BCUT2D eigenvalue weighted by Crippen LogP contribution is -2.39. The van der Waals surface area contributed by atoms with Crippen LogP contribution < -0.4 is 0 Å². The van der Waals surface area contributed by atoms with Crippen molar-refractivity contribution in [1.29, 1.82) is 0 Å². The Morgan fingerprint density at radius 3 is 2.38 bits per heavy atom. The number of carboxylic acid groups (broad SMARTS) is 1. The maximum absolute atomic E-state index is 11.1. The van der Waals surface area contributed by atoms with Gasteiger partial charge in [-0.3, -0.25) is 4.79 Å². The van der Waals surface area contributed by atoms with Crippen LogP contribution in [0.15, 0.2) is 0 Å². The van der Waals surface area contributed by atoms with Gasteiger partial charge in [0.2, 0.25) is 5.91 Å². The van der Waals surface area contributed by atoms with Crippen LogP contribution in [0.4, 0.5) is 0 Å². The second-order valence-corrected chi connectivity index (χ2v) is 4.21. The van der Waals surface area contributed by atoms with Gasteiger partial charge in [-0.15, -0.1) is 0 Å². The third kappa shape index (κ3) is 1.30. The van der Waals surface area contributed by atoms with Gasteiger partial charge in [0.25, 0.3) is 0 Å². The first-order valence-corrected chi connectivity index (χ1v) is 4.54. The van der Waals surface area contributed by atoms with Crippen molar-refractivity contribution in [2.45, 2.75) is 32.2 Å². The molecule has 2 fully saturated rings. The molecule has 1 aliphatic carbocycles. The molecule has 2 aliphatic rings. The van der Waals surface area contributed by atoms with Gasteiger partial charge >= 0.3 is 5.97 Å². The number of carbonyl (C=O) groups is 2. The lowest BCUT2D eigenvalue weighted by atomic mass is 10.0. The summed E-state index contributed by atoms with van der Waals surface area (Å²) in [4.78, 5) is 23.5. The summed E-state index contributed by atoms with van der Waals surface area (Å²) in [6.45, 7) is 2.09. The van der Waals surface area contributed by atoms with Crippen molar-refractivity contribution >= 4 is 11.9 Å². The SMILES string of the molecule is CC(=O)N1CC2(CC2)C[C@H]1C(=O)O. The summed E-state index contributed by atoms with van der Waals surface area (Å²) in [6, 6.07) is -0.569. The lowest BCUT2D eigenvalue weighted by Gasteiger charge is -2.18. The maximum atomic E-state index is 11.1. The summed E-state index contributed by atoms with van der Waals surface area (Å²) in [6.07, 6.45) is 2.82. The van der Waals surface area contributed by atoms with Gasteiger partial charge in [-0.05, 0) is 24.7 Å². The Bertz CT molecular complexity index is 246. The van der Waals surface area contributed by atoms with Crippen LogP contribution in [0.25, 0.3) is 0 Å². The van der Waals surface area contributed by atoms with Gasteiger partial charge in [-0.1, -0.05) is 0 Å². The standard InChI is InChI=1S/C9H13NO3/c1-6(11)10-5-9(2-3-9)4-7(10)8(12)13/h7H,2-5H2,1H3,(H,12,13)/t7-/m0/s1. The molecule has 1 saturated carbocycles. The van der Waals surface area contributed by atoms with Crippen molar-refractivity contribution in [3.8, 4) is 0 Å². The third-order valence-electron chi connectivity index (χ3n) is 3.15. The van der Waals surface area contributed by atoms with Crippen LogP contribution in [-0.2, 0) is 9.59 Å². The fourth-order valence-electron chi connectivity index (χ4n) is 2.15. The monoisotopic (exact) mass is 183 g/mol. The summed E-state index contributed by atoms with van der Waals surface area (Å²) in [7, 11) is 0. The fourth-order valence-corrected chi connectivity index (χ4v) is 2.15. The summed E-state index contributed by atoms with van der Waals surface area (Å²) < 4.78 is 0. The van der Waals surface area contributed by atoms with Crippen molar-refractivity contribution in [3.63, 3.8) is 0 Å². The van der Waals surface area contributed by atoms with E-state index in [0.717, 1.165) is 12.8 Å². The average Bonchev–Trinajstić information content (AvgIpc) is 2.60. The van der Waals surface area contributed by atoms with E-state index in [1.807, 2.05) is 0 Å². The summed E-state index contributed by atoms with van der Waals surface area (Å²) >= 11 is 0. The van der Waals surface area contributed by atoms with E-state index in [-0.39, 0.29) is 11.3 Å². The largest absolute Gasteiger partial charge is 0.480 e. The number of aliphatic carboxylic acids is 1. The zero-order valence-corrected chi connectivity index (χ0v) is 7.62. The van der Waals surface area contributed by atoms with Gasteiger partial charge in [0.05, 0.1) is 0 Å².